The van der Waals surface area contributed by atoms with Crippen molar-refractivity contribution in [2.75, 3.05) is 13.6 Å². The topological polar surface area (TPSA) is 58.9 Å². The summed E-state index contributed by atoms with van der Waals surface area (Å²) >= 11 is 0. The van der Waals surface area contributed by atoms with Crippen LogP contribution in [-0.2, 0) is 0 Å². The summed E-state index contributed by atoms with van der Waals surface area (Å²) in [5.74, 6) is -0.0599. The van der Waals surface area contributed by atoms with E-state index in [1.807, 2.05) is 57.4 Å². The van der Waals surface area contributed by atoms with E-state index in [0.29, 0.717) is 12.1 Å². The van der Waals surface area contributed by atoms with E-state index in [9.17, 15) is 4.79 Å². The van der Waals surface area contributed by atoms with E-state index >= 15 is 0 Å². The molecular weight excluding hydrogens is 288 g/mol. The highest BCUT2D eigenvalue weighted by Gasteiger charge is 2.07. The van der Waals surface area contributed by atoms with Crippen LogP contribution in [0.25, 0.3) is 5.69 Å². The summed E-state index contributed by atoms with van der Waals surface area (Å²) in [5.41, 5.74) is 2.56. The van der Waals surface area contributed by atoms with Gasteiger partial charge in [-0.1, -0.05) is 0 Å². The number of hydrogen-bond donors (Lipinski definition) is 2. The average molecular weight is 309 g/mol. The van der Waals surface area contributed by atoms with Crippen LogP contribution >= 0.6 is 12.4 Å². The number of likely N-dealkylation sites (N-methyl/N-ethyl adjacent to an activating group) is 1. The van der Waals surface area contributed by atoms with Crippen molar-refractivity contribution >= 4 is 18.3 Å². The third kappa shape index (κ3) is 4.58. The van der Waals surface area contributed by atoms with Crippen LogP contribution in [0.3, 0.4) is 0 Å². The molecule has 1 unspecified atom stereocenters. The first-order valence-electron chi connectivity index (χ1n) is 6.68. The lowest BCUT2D eigenvalue weighted by molar-refractivity contribution is 0.0950. The molecule has 6 heteroatoms. The Morgan fingerprint density at radius 2 is 1.95 bits per heavy atom. The molecular formula is C15H21ClN4O. The Labute approximate surface area is 131 Å². The predicted octanol–water partition coefficient (Wildman–Crippen LogP) is 1.94. The summed E-state index contributed by atoms with van der Waals surface area (Å²) in [6.45, 7) is 4.57. The first-order valence-corrected chi connectivity index (χ1v) is 6.68. The fraction of sp³-hybridized carbons (Fsp3) is 0.333. The number of carbonyl (C=O) groups is 1. The predicted molar refractivity (Wildman–Crippen MR) is 86.4 cm³/mol. The number of hydrogen-bond acceptors (Lipinski definition) is 3. The number of nitrogens with zero attached hydrogens (tertiary/aromatic N) is 2. The molecule has 0 aliphatic rings. The molecule has 0 aliphatic carbocycles. The number of nitrogens with one attached hydrogen (secondary N) is 2. The minimum Gasteiger partial charge on any atom is -0.350 e. The van der Waals surface area contributed by atoms with Crippen molar-refractivity contribution < 1.29 is 4.79 Å². The van der Waals surface area contributed by atoms with E-state index in [0.717, 1.165) is 11.4 Å². The molecule has 1 heterocycles. The van der Waals surface area contributed by atoms with Crippen LogP contribution < -0.4 is 10.6 Å². The highest BCUT2D eigenvalue weighted by atomic mass is 35.5. The number of aromatic nitrogens is 2. The van der Waals surface area contributed by atoms with Gasteiger partial charge in [-0.15, -0.1) is 12.4 Å². The highest BCUT2D eigenvalue weighted by molar-refractivity contribution is 5.94. The number of benzene rings is 1. The van der Waals surface area contributed by atoms with Crippen LogP contribution in [0.5, 0.6) is 0 Å². The molecule has 0 radical (unpaired) electrons. The Bertz CT molecular complexity index is 580. The molecule has 0 saturated carbocycles. The van der Waals surface area contributed by atoms with Gasteiger partial charge in [0.2, 0.25) is 0 Å². The Morgan fingerprint density at radius 3 is 2.48 bits per heavy atom. The van der Waals surface area contributed by atoms with E-state index in [-0.39, 0.29) is 24.4 Å². The van der Waals surface area contributed by atoms with Gasteiger partial charge in [0.25, 0.3) is 5.91 Å². The molecule has 0 spiro atoms. The quantitative estimate of drug-likeness (QED) is 0.887. The lowest BCUT2D eigenvalue weighted by atomic mass is 10.2. The molecule has 0 saturated heterocycles. The molecule has 1 aromatic carbocycles. The number of aryl methyl sites for hydroxylation is 1. The van der Waals surface area contributed by atoms with E-state index in [2.05, 4.69) is 15.7 Å². The Kier molecular flexibility index (Phi) is 6.39. The van der Waals surface area contributed by atoms with Crippen molar-refractivity contribution in [2.45, 2.75) is 19.9 Å². The summed E-state index contributed by atoms with van der Waals surface area (Å²) in [4.78, 5) is 12.0. The number of halogens is 1. The minimum absolute atomic E-state index is 0. The lowest BCUT2D eigenvalue weighted by Crippen LogP contribution is -2.37. The van der Waals surface area contributed by atoms with Crippen molar-refractivity contribution in [1.82, 2.24) is 20.4 Å². The molecule has 114 valence electrons. The van der Waals surface area contributed by atoms with Crippen LogP contribution in [0.4, 0.5) is 0 Å². The van der Waals surface area contributed by atoms with Gasteiger partial charge in [0.15, 0.2) is 0 Å². The fourth-order valence-electron chi connectivity index (χ4n) is 1.77. The number of carbonyl (C=O) groups excluding carboxylic acids is 1. The van der Waals surface area contributed by atoms with E-state index < -0.39 is 0 Å². The molecule has 2 rings (SSSR count). The first-order chi connectivity index (χ1) is 9.60. The molecule has 0 fully saturated rings. The summed E-state index contributed by atoms with van der Waals surface area (Å²) < 4.78 is 1.79. The third-order valence-corrected chi connectivity index (χ3v) is 3.18. The van der Waals surface area contributed by atoms with Crippen LogP contribution in [0.1, 0.15) is 23.0 Å². The second kappa shape index (κ2) is 7.81. The van der Waals surface area contributed by atoms with Gasteiger partial charge in [0.1, 0.15) is 0 Å². The van der Waals surface area contributed by atoms with Crippen molar-refractivity contribution in [1.29, 1.82) is 0 Å². The summed E-state index contributed by atoms with van der Waals surface area (Å²) in [6.07, 6.45) is 1.90. The van der Waals surface area contributed by atoms with Gasteiger partial charge < -0.3 is 10.6 Å². The zero-order chi connectivity index (χ0) is 14.5. The van der Waals surface area contributed by atoms with E-state index in [1.165, 1.54) is 0 Å². The van der Waals surface area contributed by atoms with Crippen LogP contribution in [0.15, 0.2) is 36.5 Å². The molecule has 21 heavy (non-hydrogen) atoms. The molecule has 2 aromatic rings. The smallest absolute Gasteiger partial charge is 0.251 e. The maximum Gasteiger partial charge on any atom is 0.251 e. The monoisotopic (exact) mass is 308 g/mol. The standard InChI is InChI=1S/C15H20N4O.ClH/c1-11-8-9-19(18-11)14-6-4-13(5-7-14)15(20)17-10-12(2)16-3;/h4-9,12,16H,10H2,1-3H3,(H,17,20);1H. The molecule has 1 atom stereocenters. The Balaban J connectivity index is 0.00000220. The molecule has 1 amide bonds. The summed E-state index contributed by atoms with van der Waals surface area (Å²) in [7, 11) is 1.87. The van der Waals surface area contributed by atoms with Crippen LogP contribution in [0, 0.1) is 6.92 Å². The normalized spacial score (nSPS) is 11.6. The molecule has 5 nitrogen and oxygen atoms in total. The van der Waals surface area contributed by atoms with E-state index in [4.69, 9.17) is 0 Å². The van der Waals surface area contributed by atoms with Gasteiger partial charge in [-0.3, -0.25) is 4.79 Å². The van der Waals surface area contributed by atoms with Crippen molar-refractivity contribution in [3.63, 3.8) is 0 Å². The zero-order valence-electron chi connectivity index (χ0n) is 12.5. The van der Waals surface area contributed by atoms with Crippen molar-refractivity contribution in [3.05, 3.63) is 47.8 Å². The molecule has 2 N–H and O–H groups in total. The van der Waals surface area contributed by atoms with Crippen molar-refractivity contribution in [3.8, 4) is 5.69 Å². The van der Waals surface area contributed by atoms with Gasteiger partial charge in [-0.2, -0.15) is 5.10 Å². The first kappa shape index (κ1) is 17.2. The van der Waals surface area contributed by atoms with E-state index in [1.54, 1.807) is 4.68 Å². The fourth-order valence-corrected chi connectivity index (χ4v) is 1.77. The average Bonchev–Trinajstić information content (AvgIpc) is 2.91. The SMILES string of the molecule is CNC(C)CNC(=O)c1ccc(-n2ccc(C)n2)cc1.Cl. The summed E-state index contributed by atoms with van der Waals surface area (Å²) in [6, 6.07) is 9.60. The lowest BCUT2D eigenvalue weighted by Gasteiger charge is -2.11. The zero-order valence-corrected chi connectivity index (χ0v) is 13.3. The van der Waals surface area contributed by atoms with Gasteiger partial charge in [0.05, 0.1) is 11.4 Å². The maximum atomic E-state index is 12.0. The van der Waals surface area contributed by atoms with Gasteiger partial charge >= 0.3 is 0 Å². The van der Waals surface area contributed by atoms with Crippen molar-refractivity contribution in [2.24, 2.45) is 0 Å². The maximum absolute atomic E-state index is 12.0. The van der Waals surface area contributed by atoms with Gasteiger partial charge in [-0.25, -0.2) is 4.68 Å². The Morgan fingerprint density at radius 1 is 1.29 bits per heavy atom. The van der Waals surface area contributed by atoms with Gasteiger partial charge in [-0.05, 0) is 51.2 Å². The summed E-state index contributed by atoms with van der Waals surface area (Å²) in [5, 5.41) is 10.3. The largest absolute Gasteiger partial charge is 0.350 e. The molecule has 1 aromatic heterocycles. The van der Waals surface area contributed by atoms with Crippen LogP contribution in [-0.4, -0.2) is 35.3 Å². The molecule has 0 bridgehead atoms. The Hall–Kier alpha value is -1.85. The molecule has 0 aliphatic heterocycles. The minimum atomic E-state index is -0.0599. The second-order valence-electron chi connectivity index (χ2n) is 4.85. The third-order valence-electron chi connectivity index (χ3n) is 3.18. The highest BCUT2D eigenvalue weighted by Crippen LogP contribution is 2.09. The number of amides is 1. The number of rotatable bonds is 5. The second-order valence-corrected chi connectivity index (χ2v) is 4.85. The van der Waals surface area contributed by atoms with Gasteiger partial charge in [0, 0.05) is 24.3 Å². The van der Waals surface area contributed by atoms with Crippen LogP contribution in [0.2, 0.25) is 0 Å².